The van der Waals surface area contributed by atoms with Gasteiger partial charge in [-0.3, -0.25) is 4.79 Å². The van der Waals surface area contributed by atoms with E-state index in [2.05, 4.69) is 9.97 Å². The van der Waals surface area contributed by atoms with Crippen LogP contribution in [0.15, 0.2) is 22.8 Å². The Morgan fingerprint density at radius 2 is 2.00 bits per heavy atom. The molecular weight excluding hydrogens is 310 g/mol. The van der Waals surface area contributed by atoms with Gasteiger partial charge in [-0.05, 0) is 45.4 Å². The first kappa shape index (κ1) is 15.7. The minimum Gasteiger partial charge on any atom is -0.461 e. The van der Waals surface area contributed by atoms with Crippen LogP contribution in [0.25, 0.3) is 21.8 Å². The third kappa shape index (κ3) is 2.63. The van der Waals surface area contributed by atoms with Crippen molar-refractivity contribution in [1.82, 2.24) is 14.9 Å². The van der Waals surface area contributed by atoms with Crippen molar-refractivity contribution >= 4 is 27.5 Å². The van der Waals surface area contributed by atoms with Gasteiger partial charge in [-0.1, -0.05) is 0 Å². The molecular formula is C17H19N3O2S. The number of hydrogen-bond donors (Lipinski definition) is 0. The van der Waals surface area contributed by atoms with Crippen LogP contribution in [0.1, 0.15) is 34.8 Å². The van der Waals surface area contributed by atoms with E-state index in [1.165, 1.54) is 11.3 Å². The summed E-state index contributed by atoms with van der Waals surface area (Å²) in [6.45, 7) is 9.30. The molecule has 3 rings (SSSR count). The normalized spacial score (nSPS) is 11.1. The van der Waals surface area contributed by atoms with Crippen LogP contribution in [0.3, 0.4) is 0 Å². The summed E-state index contributed by atoms with van der Waals surface area (Å²) in [5.41, 5.74) is 1.83. The number of fused-ring (bicyclic) bond motifs is 1. The molecule has 6 heteroatoms. The van der Waals surface area contributed by atoms with Gasteiger partial charge in [0.2, 0.25) is 0 Å². The standard InChI is InChI=1S/C17H19N3O2S/c1-5-20(6-2)17(21)14-10(3)13-11(4)18-15(19-16(13)23-14)12-8-7-9-22-12/h7-9H,5-6H2,1-4H3. The lowest BCUT2D eigenvalue weighted by Crippen LogP contribution is -2.30. The Hall–Kier alpha value is -2.21. The maximum atomic E-state index is 12.7. The largest absolute Gasteiger partial charge is 0.461 e. The highest BCUT2D eigenvalue weighted by molar-refractivity contribution is 7.20. The highest BCUT2D eigenvalue weighted by Gasteiger charge is 2.22. The number of hydrogen-bond acceptors (Lipinski definition) is 5. The average molecular weight is 329 g/mol. The molecule has 0 aliphatic heterocycles. The lowest BCUT2D eigenvalue weighted by atomic mass is 10.1. The van der Waals surface area contributed by atoms with Gasteiger partial charge in [0.25, 0.3) is 5.91 Å². The SMILES string of the molecule is CCN(CC)C(=O)c1sc2nc(-c3ccco3)nc(C)c2c1C. The van der Waals surface area contributed by atoms with Gasteiger partial charge in [-0.25, -0.2) is 9.97 Å². The smallest absolute Gasteiger partial charge is 0.264 e. The predicted molar refractivity (Wildman–Crippen MR) is 91.8 cm³/mol. The third-order valence-corrected chi connectivity index (χ3v) is 5.13. The van der Waals surface area contributed by atoms with Crippen LogP contribution in [-0.4, -0.2) is 33.9 Å². The van der Waals surface area contributed by atoms with Crippen molar-refractivity contribution in [3.8, 4) is 11.6 Å². The molecule has 0 N–H and O–H groups in total. The highest BCUT2D eigenvalue weighted by atomic mass is 32.1. The summed E-state index contributed by atoms with van der Waals surface area (Å²) < 4.78 is 5.39. The van der Waals surface area contributed by atoms with Gasteiger partial charge in [0.05, 0.1) is 16.8 Å². The van der Waals surface area contributed by atoms with Crippen molar-refractivity contribution in [2.45, 2.75) is 27.7 Å². The van der Waals surface area contributed by atoms with Crippen molar-refractivity contribution in [2.24, 2.45) is 0 Å². The molecule has 3 heterocycles. The van der Waals surface area contributed by atoms with E-state index in [0.717, 1.165) is 26.4 Å². The van der Waals surface area contributed by atoms with Gasteiger partial charge in [-0.2, -0.15) is 0 Å². The number of carbonyl (C=O) groups excluding carboxylic acids is 1. The average Bonchev–Trinajstić information content (AvgIpc) is 3.16. The first-order chi connectivity index (χ1) is 11.1. The van der Waals surface area contributed by atoms with E-state index in [1.807, 2.05) is 44.7 Å². The quantitative estimate of drug-likeness (QED) is 0.724. The van der Waals surface area contributed by atoms with E-state index in [0.29, 0.717) is 24.7 Å². The molecule has 0 saturated heterocycles. The molecule has 3 aromatic heterocycles. The molecule has 3 aromatic rings. The highest BCUT2D eigenvalue weighted by Crippen LogP contribution is 2.33. The van der Waals surface area contributed by atoms with Gasteiger partial charge in [-0.15, -0.1) is 11.3 Å². The number of carbonyl (C=O) groups is 1. The molecule has 0 spiro atoms. The molecule has 0 aromatic carbocycles. The van der Waals surface area contributed by atoms with E-state index in [1.54, 1.807) is 6.26 Å². The Kier molecular flexibility index (Phi) is 4.17. The predicted octanol–water partition coefficient (Wildman–Crippen LogP) is 4.05. The summed E-state index contributed by atoms with van der Waals surface area (Å²) in [5, 5.41) is 0.973. The van der Waals surface area contributed by atoms with Gasteiger partial charge in [0, 0.05) is 18.5 Å². The number of thiophene rings is 1. The number of amides is 1. The van der Waals surface area contributed by atoms with E-state index in [4.69, 9.17) is 4.42 Å². The number of furan rings is 1. The summed E-state index contributed by atoms with van der Waals surface area (Å²) in [5.74, 6) is 1.26. The van der Waals surface area contributed by atoms with Gasteiger partial charge >= 0.3 is 0 Å². The molecule has 5 nitrogen and oxygen atoms in total. The Bertz CT molecular complexity index is 848. The zero-order valence-corrected chi connectivity index (χ0v) is 14.5. The second kappa shape index (κ2) is 6.12. The molecule has 0 radical (unpaired) electrons. The lowest BCUT2D eigenvalue weighted by molar-refractivity contribution is 0.0777. The second-order valence-electron chi connectivity index (χ2n) is 5.32. The van der Waals surface area contributed by atoms with E-state index in [9.17, 15) is 4.79 Å². The van der Waals surface area contributed by atoms with Crippen molar-refractivity contribution in [2.75, 3.05) is 13.1 Å². The molecule has 0 unspecified atom stereocenters. The number of aromatic nitrogens is 2. The first-order valence-corrected chi connectivity index (χ1v) is 8.49. The van der Waals surface area contributed by atoms with Gasteiger partial charge in [0.1, 0.15) is 4.83 Å². The number of rotatable bonds is 4. The summed E-state index contributed by atoms with van der Waals surface area (Å²) in [6.07, 6.45) is 1.60. The molecule has 0 fully saturated rings. The van der Waals surface area contributed by atoms with E-state index < -0.39 is 0 Å². The fourth-order valence-electron chi connectivity index (χ4n) is 2.71. The maximum absolute atomic E-state index is 12.7. The second-order valence-corrected chi connectivity index (χ2v) is 6.32. The number of aryl methyl sites for hydroxylation is 2. The number of nitrogens with zero attached hydrogens (tertiary/aromatic N) is 3. The summed E-state index contributed by atoms with van der Waals surface area (Å²) in [7, 11) is 0. The van der Waals surface area contributed by atoms with Crippen LogP contribution in [0.4, 0.5) is 0 Å². The van der Waals surface area contributed by atoms with Crippen molar-refractivity contribution < 1.29 is 9.21 Å². The minimum atomic E-state index is 0.0643. The lowest BCUT2D eigenvalue weighted by Gasteiger charge is -2.17. The fourth-order valence-corrected chi connectivity index (χ4v) is 3.91. The van der Waals surface area contributed by atoms with Crippen LogP contribution in [0, 0.1) is 13.8 Å². The van der Waals surface area contributed by atoms with E-state index in [-0.39, 0.29) is 5.91 Å². The van der Waals surface area contributed by atoms with Crippen molar-refractivity contribution in [3.05, 3.63) is 34.5 Å². The summed E-state index contributed by atoms with van der Waals surface area (Å²) in [6, 6.07) is 3.65. The third-order valence-electron chi connectivity index (χ3n) is 3.96. The fraction of sp³-hybridized carbons (Fsp3) is 0.353. The molecule has 0 aliphatic rings. The molecule has 0 saturated carbocycles. The zero-order valence-electron chi connectivity index (χ0n) is 13.7. The molecule has 0 aliphatic carbocycles. The van der Waals surface area contributed by atoms with Crippen LogP contribution in [0.2, 0.25) is 0 Å². The van der Waals surface area contributed by atoms with Crippen LogP contribution >= 0.6 is 11.3 Å². The molecule has 120 valence electrons. The Labute approximate surface area is 139 Å². The maximum Gasteiger partial charge on any atom is 0.264 e. The van der Waals surface area contributed by atoms with Gasteiger partial charge < -0.3 is 9.32 Å². The minimum absolute atomic E-state index is 0.0643. The van der Waals surface area contributed by atoms with Crippen molar-refractivity contribution in [1.29, 1.82) is 0 Å². The Morgan fingerprint density at radius 1 is 1.26 bits per heavy atom. The molecule has 0 bridgehead atoms. The molecule has 23 heavy (non-hydrogen) atoms. The van der Waals surface area contributed by atoms with Crippen LogP contribution < -0.4 is 0 Å². The van der Waals surface area contributed by atoms with Crippen molar-refractivity contribution in [3.63, 3.8) is 0 Å². The first-order valence-electron chi connectivity index (χ1n) is 7.67. The zero-order chi connectivity index (χ0) is 16.6. The Balaban J connectivity index is 2.15. The molecule has 1 amide bonds. The summed E-state index contributed by atoms with van der Waals surface area (Å²) in [4.78, 5) is 25.2. The topological polar surface area (TPSA) is 59.2 Å². The van der Waals surface area contributed by atoms with Crippen LogP contribution in [0.5, 0.6) is 0 Å². The summed E-state index contributed by atoms with van der Waals surface area (Å²) >= 11 is 1.43. The Morgan fingerprint density at radius 3 is 2.61 bits per heavy atom. The van der Waals surface area contributed by atoms with E-state index >= 15 is 0 Å². The van der Waals surface area contributed by atoms with Gasteiger partial charge in [0.15, 0.2) is 11.6 Å². The molecule has 0 atom stereocenters. The van der Waals surface area contributed by atoms with Crippen LogP contribution in [-0.2, 0) is 0 Å². The monoisotopic (exact) mass is 329 g/mol.